The van der Waals surface area contributed by atoms with Crippen molar-refractivity contribution >= 4 is 28.9 Å². The molecule has 0 bridgehead atoms. The van der Waals surface area contributed by atoms with Gasteiger partial charge in [0.05, 0.1) is 28.3 Å². The number of hydrogen-bond acceptors (Lipinski definition) is 4. The monoisotopic (exact) mass is 389 g/mol. The fourth-order valence-corrected chi connectivity index (χ4v) is 2.77. The maximum absolute atomic E-state index is 13.4. The van der Waals surface area contributed by atoms with Gasteiger partial charge >= 0.3 is 5.69 Å². The lowest BCUT2D eigenvalue weighted by Gasteiger charge is -2.13. The Morgan fingerprint density at radius 3 is 2.59 bits per heavy atom. The number of amides is 1. The molecule has 0 fully saturated rings. The minimum Gasteiger partial charge on any atom is -0.496 e. The number of ether oxygens (including phenoxy) is 1. The van der Waals surface area contributed by atoms with Gasteiger partial charge in [0.2, 0.25) is 5.82 Å². The fourth-order valence-electron chi connectivity index (χ4n) is 2.51. The highest BCUT2D eigenvalue weighted by atomic mass is 35.5. The van der Waals surface area contributed by atoms with Crippen molar-refractivity contribution in [3.63, 3.8) is 0 Å². The molecule has 9 heteroatoms. The molecule has 3 rings (SSSR count). The molecular weight excluding hydrogens is 377 g/mol. The van der Waals surface area contributed by atoms with Crippen LogP contribution in [0.5, 0.6) is 5.75 Å². The number of benzene rings is 2. The predicted octanol–water partition coefficient (Wildman–Crippen LogP) is 4.44. The standard InChI is InChI=1S/C18H13ClFN3O4/c1-27-17-10-15(22-6-2-3-7-22)13(19)9-12(17)18(24)21-11-4-5-14(20)16(8-11)23(25)26/h2-10H,1H3,(H,21,24). The molecule has 27 heavy (non-hydrogen) atoms. The minimum atomic E-state index is -0.991. The first-order valence-electron chi connectivity index (χ1n) is 7.67. The van der Waals surface area contributed by atoms with Gasteiger partial charge < -0.3 is 14.6 Å². The van der Waals surface area contributed by atoms with E-state index in [0.29, 0.717) is 10.7 Å². The predicted molar refractivity (Wildman–Crippen MR) is 98.3 cm³/mol. The molecule has 0 saturated carbocycles. The van der Waals surface area contributed by atoms with Gasteiger partial charge in [0.15, 0.2) is 0 Å². The average molecular weight is 390 g/mol. The molecular formula is C18H13ClFN3O4. The first-order chi connectivity index (χ1) is 12.9. The molecule has 0 unspecified atom stereocenters. The Kier molecular flexibility index (Phi) is 5.09. The van der Waals surface area contributed by atoms with Crippen molar-refractivity contribution in [1.82, 2.24) is 4.57 Å². The molecule has 1 aromatic heterocycles. The molecule has 0 radical (unpaired) electrons. The number of nitro groups is 1. The Balaban J connectivity index is 1.94. The van der Waals surface area contributed by atoms with E-state index in [-0.39, 0.29) is 17.0 Å². The second-order valence-electron chi connectivity index (χ2n) is 5.47. The Bertz CT molecular complexity index is 1020. The second-order valence-corrected chi connectivity index (χ2v) is 5.88. The number of nitro benzene ring substituents is 1. The molecule has 7 nitrogen and oxygen atoms in total. The maximum atomic E-state index is 13.4. The number of aromatic nitrogens is 1. The van der Waals surface area contributed by atoms with Crippen molar-refractivity contribution < 1.29 is 18.8 Å². The zero-order valence-electron chi connectivity index (χ0n) is 14.0. The van der Waals surface area contributed by atoms with Crippen molar-refractivity contribution in [2.75, 3.05) is 12.4 Å². The molecule has 138 valence electrons. The summed E-state index contributed by atoms with van der Waals surface area (Å²) >= 11 is 6.29. The average Bonchev–Trinajstić information content (AvgIpc) is 3.17. The summed E-state index contributed by atoms with van der Waals surface area (Å²) in [7, 11) is 1.40. The normalized spacial score (nSPS) is 10.5. The maximum Gasteiger partial charge on any atom is 0.306 e. The van der Waals surface area contributed by atoms with Gasteiger partial charge in [0, 0.05) is 30.2 Å². The van der Waals surface area contributed by atoms with E-state index < -0.39 is 22.3 Å². The Morgan fingerprint density at radius 1 is 1.26 bits per heavy atom. The lowest BCUT2D eigenvalue weighted by molar-refractivity contribution is -0.387. The van der Waals surface area contributed by atoms with E-state index in [0.717, 1.165) is 12.1 Å². The lowest BCUT2D eigenvalue weighted by Crippen LogP contribution is -2.14. The van der Waals surface area contributed by atoms with Gasteiger partial charge in [-0.2, -0.15) is 4.39 Å². The van der Waals surface area contributed by atoms with Crippen LogP contribution in [0.2, 0.25) is 5.02 Å². The molecule has 3 aromatic rings. The Morgan fingerprint density at radius 2 is 1.96 bits per heavy atom. The summed E-state index contributed by atoms with van der Waals surface area (Å²) < 4.78 is 20.5. The molecule has 0 aliphatic heterocycles. The van der Waals surface area contributed by atoms with E-state index in [4.69, 9.17) is 16.3 Å². The van der Waals surface area contributed by atoms with Gasteiger partial charge in [-0.3, -0.25) is 14.9 Å². The topological polar surface area (TPSA) is 86.4 Å². The number of nitrogens with one attached hydrogen (secondary N) is 1. The highest BCUT2D eigenvalue weighted by Crippen LogP contribution is 2.31. The number of hydrogen-bond donors (Lipinski definition) is 1. The summed E-state index contributed by atoms with van der Waals surface area (Å²) in [5.74, 6) is -1.33. The number of rotatable bonds is 5. The van der Waals surface area contributed by atoms with E-state index in [2.05, 4.69) is 5.32 Å². The van der Waals surface area contributed by atoms with Gasteiger partial charge in [-0.1, -0.05) is 11.6 Å². The van der Waals surface area contributed by atoms with E-state index in [9.17, 15) is 19.3 Å². The van der Waals surface area contributed by atoms with E-state index in [1.165, 1.54) is 19.2 Å². The van der Waals surface area contributed by atoms with Crippen LogP contribution < -0.4 is 10.1 Å². The summed E-state index contributed by atoms with van der Waals surface area (Å²) in [4.78, 5) is 22.6. The number of nitrogens with zero attached hydrogens (tertiary/aromatic N) is 2. The zero-order chi connectivity index (χ0) is 19.6. The Hall–Kier alpha value is -3.39. The molecule has 0 saturated heterocycles. The van der Waals surface area contributed by atoms with E-state index >= 15 is 0 Å². The molecule has 0 spiro atoms. The van der Waals surface area contributed by atoms with Crippen LogP contribution in [0.3, 0.4) is 0 Å². The number of carbonyl (C=O) groups is 1. The van der Waals surface area contributed by atoms with Crippen LogP contribution >= 0.6 is 11.6 Å². The van der Waals surface area contributed by atoms with Gasteiger partial charge in [-0.15, -0.1) is 0 Å². The van der Waals surface area contributed by atoms with Crippen LogP contribution in [0.4, 0.5) is 15.8 Å². The molecule has 0 aliphatic rings. The van der Waals surface area contributed by atoms with E-state index in [1.54, 1.807) is 23.0 Å². The molecule has 1 heterocycles. The highest BCUT2D eigenvalue weighted by molar-refractivity contribution is 6.33. The van der Waals surface area contributed by atoms with Crippen molar-refractivity contribution in [2.45, 2.75) is 0 Å². The number of anilines is 1. The summed E-state index contributed by atoms with van der Waals surface area (Å²) in [6.45, 7) is 0. The van der Waals surface area contributed by atoms with Crippen LogP contribution in [0.25, 0.3) is 5.69 Å². The summed E-state index contributed by atoms with van der Waals surface area (Å²) in [5.41, 5.74) is 0.0828. The van der Waals surface area contributed by atoms with Crippen LogP contribution in [-0.2, 0) is 0 Å². The number of carbonyl (C=O) groups excluding carboxylic acids is 1. The molecule has 0 atom stereocenters. The quantitative estimate of drug-likeness (QED) is 0.516. The van der Waals surface area contributed by atoms with Crippen LogP contribution in [0.15, 0.2) is 54.9 Å². The third-order valence-corrected chi connectivity index (χ3v) is 4.10. The minimum absolute atomic E-state index is 0.0701. The first-order valence-corrected chi connectivity index (χ1v) is 8.04. The summed E-state index contributed by atoms with van der Waals surface area (Å²) in [6, 6.07) is 9.76. The fraction of sp³-hybridized carbons (Fsp3) is 0.0556. The summed E-state index contributed by atoms with van der Waals surface area (Å²) in [5, 5.41) is 13.6. The van der Waals surface area contributed by atoms with Crippen molar-refractivity contribution in [2.24, 2.45) is 0 Å². The largest absolute Gasteiger partial charge is 0.496 e. The van der Waals surface area contributed by atoms with Crippen molar-refractivity contribution in [3.05, 3.63) is 81.4 Å². The second kappa shape index (κ2) is 7.46. The SMILES string of the molecule is COc1cc(-n2cccc2)c(Cl)cc1C(=O)Nc1ccc(F)c([N+](=O)[O-])c1. The molecule has 1 N–H and O–H groups in total. The van der Waals surface area contributed by atoms with Gasteiger partial charge in [-0.05, 0) is 30.3 Å². The Labute approximate surface area is 158 Å². The van der Waals surface area contributed by atoms with Gasteiger partial charge in [-0.25, -0.2) is 0 Å². The van der Waals surface area contributed by atoms with E-state index in [1.807, 2.05) is 12.1 Å². The lowest BCUT2D eigenvalue weighted by atomic mass is 10.1. The van der Waals surface area contributed by atoms with Gasteiger partial charge in [0.1, 0.15) is 5.75 Å². The van der Waals surface area contributed by atoms with Crippen molar-refractivity contribution in [3.8, 4) is 11.4 Å². The summed E-state index contributed by atoms with van der Waals surface area (Å²) in [6.07, 6.45) is 3.58. The zero-order valence-corrected chi connectivity index (χ0v) is 14.7. The molecule has 0 aliphatic carbocycles. The van der Waals surface area contributed by atoms with Crippen LogP contribution in [0, 0.1) is 15.9 Å². The number of methoxy groups -OCH3 is 1. The highest BCUT2D eigenvalue weighted by Gasteiger charge is 2.19. The number of halogens is 2. The van der Waals surface area contributed by atoms with Crippen molar-refractivity contribution in [1.29, 1.82) is 0 Å². The van der Waals surface area contributed by atoms with Crippen LogP contribution in [-0.4, -0.2) is 22.5 Å². The van der Waals surface area contributed by atoms with Gasteiger partial charge in [0.25, 0.3) is 5.91 Å². The first kappa shape index (κ1) is 18.4. The molecule has 2 aromatic carbocycles. The smallest absolute Gasteiger partial charge is 0.306 e. The third kappa shape index (κ3) is 3.75. The third-order valence-electron chi connectivity index (χ3n) is 3.80. The molecule has 1 amide bonds. The van der Waals surface area contributed by atoms with Crippen LogP contribution in [0.1, 0.15) is 10.4 Å².